The lowest BCUT2D eigenvalue weighted by Crippen LogP contribution is -2.15. The van der Waals surface area contributed by atoms with E-state index in [1.807, 2.05) is 0 Å². The molecule has 2 aromatic rings. The standard InChI is InChI=1S/C14H14N4O2.ClH/c15-12(16)11-2-1-7-17-13(11)18-8-9-3-5-10(6-4-9)14(19)20;/h1-7H,8H2,(H3,15,16)(H,17,18)(H,19,20);1H. The zero-order valence-corrected chi connectivity index (χ0v) is 11.9. The SMILES string of the molecule is Cl.N=C(N)c1cccnc1NCc1ccc(C(=O)O)cc1. The van der Waals surface area contributed by atoms with Crippen molar-refractivity contribution in [3.63, 3.8) is 0 Å². The lowest BCUT2D eigenvalue weighted by atomic mass is 10.1. The van der Waals surface area contributed by atoms with Crippen molar-refractivity contribution < 1.29 is 9.90 Å². The fourth-order valence-corrected chi connectivity index (χ4v) is 1.71. The van der Waals surface area contributed by atoms with Crippen LogP contribution in [-0.2, 0) is 6.54 Å². The molecule has 2 rings (SSSR count). The molecule has 7 heteroatoms. The maximum atomic E-state index is 10.7. The molecule has 0 unspecified atom stereocenters. The predicted molar refractivity (Wildman–Crippen MR) is 83.2 cm³/mol. The summed E-state index contributed by atoms with van der Waals surface area (Å²) < 4.78 is 0. The molecule has 6 nitrogen and oxygen atoms in total. The molecule has 1 heterocycles. The van der Waals surface area contributed by atoms with E-state index in [1.54, 1.807) is 42.6 Å². The average molecular weight is 307 g/mol. The Hall–Kier alpha value is -2.60. The molecule has 0 saturated heterocycles. The van der Waals surface area contributed by atoms with Crippen molar-refractivity contribution in [1.29, 1.82) is 5.41 Å². The number of nitrogens with zero attached hydrogens (tertiary/aromatic N) is 1. The number of nitrogens with two attached hydrogens (primary N) is 1. The Balaban J connectivity index is 0.00000220. The minimum absolute atomic E-state index is 0. The normalized spacial score (nSPS) is 9.52. The van der Waals surface area contributed by atoms with E-state index in [0.717, 1.165) is 5.56 Å². The molecular formula is C14H15ClN4O2. The van der Waals surface area contributed by atoms with Crippen molar-refractivity contribution >= 4 is 30.0 Å². The van der Waals surface area contributed by atoms with Gasteiger partial charge in [0.1, 0.15) is 11.7 Å². The topological polar surface area (TPSA) is 112 Å². The van der Waals surface area contributed by atoms with Crippen LogP contribution in [0.1, 0.15) is 21.5 Å². The average Bonchev–Trinajstić information content (AvgIpc) is 2.45. The molecule has 0 bridgehead atoms. The van der Waals surface area contributed by atoms with Crippen LogP contribution in [0.15, 0.2) is 42.6 Å². The van der Waals surface area contributed by atoms with Crippen LogP contribution in [0.3, 0.4) is 0 Å². The van der Waals surface area contributed by atoms with Gasteiger partial charge in [-0.3, -0.25) is 5.41 Å². The molecule has 0 aliphatic heterocycles. The van der Waals surface area contributed by atoms with Crippen molar-refractivity contribution in [2.75, 3.05) is 5.32 Å². The molecule has 5 N–H and O–H groups in total. The van der Waals surface area contributed by atoms with Gasteiger partial charge in [0, 0.05) is 12.7 Å². The van der Waals surface area contributed by atoms with Gasteiger partial charge in [0.2, 0.25) is 0 Å². The van der Waals surface area contributed by atoms with Crippen LogP contribution in [0.4, 0.5) is 5.82 Å². The number of aromatic carboxylic acids is 1. The summed E-state index contributed by atoms with van der Waals surface area (Å²) in [5.74, 6) is -0.475. The minimum Gasteiger partial charge on any atom is -0.478 e. The summed E-state index contributed by atoms with van der Waals surface area (Å²) in [6, 6.07) is 9.97. The zero-order chi connectivity index (χ0) is 14.5. The quantitative estimate of drug-likeness (QED) is 0.499. The second kappa shape index (κ2) is 7.25. The fraction of sp³-hybridized carbons (Fsp3) is 0.0714. The number of anilines is 1. The number of amidine groups is 1. The Morgan fingerprint density at radius 3 is 2.52 bits per heavy atom. The van der Waals surface area contributed by atoms with Gasteiger partial charge in [-0.25, -0.2) is 9.78 Å². The molecule has 0 fully saturated rings. The highest BCUT2D eigenvalue weighted by Gasteiger charge is 2.06. The first-order valence-corrected chi connectivity index (χ1v) is 5.93. The Bertz CT molecular complexity index is 644. The van der Waals surface area contributed by atoms with Gasteiger partial charge in [-0.15, -0.1) is 12.4 Å². The maximum Gasteiger partial charge on any atom is 0.335 e. The first-order chi connectivity index (χ1) is 9.58. The number of carbonyl (C=O) groups is 1. The molecule has 0 aliphatic rings. The summed E-state index contributed by atoms with van der Waals surface area (Å²) in [5.41, 5.74) is 7.17. The van der Waals surface area contributed by atoms with E-state index < -0.39 is 5.97 Å². The van der Waals surface area contributed by atoms with Crippen LogP contribution in [-0.4, -0.2) is 21.9 Å². The first-order valence-electron chi connectivity index (χ1n) is 5.93. The van der Waals surface area contributed by atoms with Crippen molar-refractivity contribution in [3.05, 3.63) is 59.3 Å². The van der Waals surface area contributed by atoms with Gasteiger partial charge in [0.05, 0.1) is 11.1 Å². The van der Waals surface area contributed by atoms with Gasteiger partial charge < -0.3 is 16.2 Å². The third-order valence-corrected chi connectivity index (χ3v) is 2.76. The minimum atomic E-state index is -0.951. The van der Waals surface area contributed by atoms with Crippen LogP contribution >= 0.6 is 12.4 Å². The van der Waals surface area contributed by atoms with Gasteiger partial charge in [0.15, 0.2) is 0 Å². The highest BCUT2D eigenvalue weighted by atomic mass is 35.5. The van der Waals surface area contributed by atoms with E-state index in [9.17, 15) is 4.79 Å². The van der Waals surface area contributed by atoms with Crippen LogP contribution < -0.4 is 11.1 Å². The number of rotatable bonds is 5. The summed E-state index contributed by atoms with van der Waals surface area (Å²) in [6.45, 7) is 0.469. The molecule has 0 spiro atoms. The van der Waals surface area contributed by atoms with Gasteiger partial charge in [0.25, 0.3) is 0 Å². The fourth-order valence-electron chi connectivity index (χ4n) is 1.71. The number of nitrogen functional groups attached to an aromatic ring is 1. The number of pyridine rings is 1. The first kappa shape index (κ1) is 16.5. The summed E-state index contributed by atoms with van der Waals surface area (Å²) >= 11 is 0. The number of aromatic nitrogens is 1. The zero-order valence-electron chi connectivity index (χ0n) is 11.0. The predicted octanol–water partition coefficient (Wildman–Crippen LogP) is 2.10. The molecule has 21 heavy (non-hydrogen) atoms. The molecule has 0 saturated carbocycles. The Morgan fingerprint density at radius 1 is 1.29 bits per heavy atom. The summed E-state index contributed by atoms with van der Waals surface area (Å²) in [7, 11) is 0. The molecule has 1 aromatic heterocycles. The van der Waals surface area contributed by atoms with Crippen molar-refractivity contribution in [3.8, 4) is 0 Å². The molecule has 0 radical (unpaired) electrons. The van der Waals surface area contributed by atoms with Crippen LogP contribution in [0.25, 0.3) is 0 Å². The largest absolute Gasteiger partial charge is 0.478 e. The van der Waals surface area contributed by atoms with Crippen LogP contribution in [0.5, 0.6) is 0 Å². The number of halogens is 1. The third-order valence-electron chi connectivity index (χ3n) is 2.76. The molecule has 1 aromatic carbocycles. The van der Waals surface area contributed by atoms with Crippen molar-refractivity contribution in [2.24, 2.45) is 5.73 Å². The molecule has 0 atom stereocenters. The number of hydrogen-bond donors (Lipinski definition) is 4. The van der Waals surface area contributed by atoms with E-state index in [4.69, 9.17) is 16.2 Å². The number of carboxylic acids is 1. The monoisotopic (exact) mass is 306 g/mol. The molecule has 0 amide bonds. The molecule has 0 aliphatic carbocycles. The number of hydrogen-bond acceptors (Lipinski definition) is 4. The highest BCUT2D eigenvalue weighted by Crippen LogP contribution is 2.12. The second-order valence-corrected chi connectivity index (χ2v) is 4.17. The highest BCUT2D eigenvalue weighted by molar-refractivity contribution is 5.99. The van der Waals surface area contributed by atoms with E-state index in [-0.39, 0.29) is 23.8 Å². The number of nitrogens with one attached hydrogen (secondary N) is 2. The van der Waals surface area contributed by atoms with E-state index in [1.165, 1.54) is 0 Å². The summed E-state index contributed by atoms with van der Waals surface area (Å²) in [5, 5.41) is 19.4. The number of carboxylic acid groups (broad SMARTS) is 1. The molecule has 110 valence electrons. The second-order valence-electron chi connectivity index (χ2n) is 4.17. The maximum absolute atomic E-state index is 10.7. The van der Waals surface area contributed by atoms with E-state index in [2.05, 4.69) is 10.3 Å². The molecular weight excluding hydrogens is 292 g/mol. The van der Waals surface area contributed by atoms with Gasteiger partial charge in [-0.2, -0.15) is 0 Å². The van der Waals surface area contributed by atoms with Crippen molar-refractivity contribution in [2.45, 2.75) is 6.54 Å². The summed E-state index contributed by atoms with van der Waals surface area (Å²) in [4.78, 5) is 14.9. The van der Waals surface area contributed by atoms with E-state index in [0.29, 0.717) is 17.9 Å². The smallest absolute Gasteiger partial charge is 0.335 e. The van der Waals surface area contributed by atoms with E-state index >= 15 is 0 Å². The van der Waals surface area contributed by atoms with Crippen LogP contribution in [0, 0.1) is 5.41 Å². The number of benzene rings is 1. The lowest BCUT2D eigenvalue weighted by molar-refractivity contribution is 0.0697. The van der Waals surface area contributed by atoms with Crippen molar-refractivity contribution in [1.82, 2.24) is 4.98 Å². The Morgan fingerprint density at radius 2 is 1.95 bits per heavy atom. The van der Waals surface area contributed by atoms with Crippen LogP contribution in [0.2, 0.25) is 0 Å². The summed E-state index contributed by atoms with van der Waals surface area (Å²) in [6.07, 6.45) is 1.61. The third kappa shape index (κ3) is 4.19. The lowest BCUT2D eigenvalue weighted by Gasteiger charge is -2.09. The van der Waals surface area contributed by atoms with Gasteiger partial charge in [-0.1, -0.05) is 12.1 Å². The van der Waals surface area contributed by atoms with Gasteiger partial charge >= 0.3 is 5.97 Å². The Labute approximate surface area is 127 Å². The Kier molecular flexibility index (Phi) is 5.68. The van der Waals surface area contributed by atoms with Gasteiger partial charge in [-0.05, 0) is 29.8 Å².